The Kier molecular flexibility index (Phi) is 7.19. The second kappa shape index (κ2) is 10.5. The lowest BCUT2D eigenvalue weighted by molar-refractivity contribution is -0.488. The van der Waals surface area contributed by atoms with Gasteiger partial charge in [0.05, 0.1) is 13.2 Å². The summed E-state index contributed by atoms with van der Waals surface area (Å²) in [4.78, 5) is 23.7. The average Bonchev–Trinajstić information content (AvgIpc) is 3.21. The molecule has 4 aromatic rings. The van der Waals surface area contributed by atoms with E-state index in [0.29, 0.717) is 35.4 Å². The number of nitrogens with one attached hydrogen (secondary N) is 1. The van der Waals surface area contributed by atoms with Crippen LogP contribution in [0.4, 0.5) is 5.69 Å². The molecule has 8 nitrogen and oxygen atoms in total. The molecule has 182 valence electrons. The molecule has 0 spiro atoms. The van der Waals surface area contributed by atoms with Gasteiger partial charge in [-0.3, -0.25) is 14.9 Å². The number of ether oxygens (including phenoxy) is 1. The molecule has 4 rings (SSSR count). The smallest absolute Gasteiger partial charge is 0.220 e. The van der Waals surface area contributed by atoms with Crippen LogP contribution >= 0.6 is 0 Å². The van der Waals surface area contributed by atoms with Gasteiger partial charge in [-0.15, -0.1) is 0 Å². The number of carbonyl (C=O) groups is 1. The van der Waals surface area contributed by atoms with E-state index in [1.807, 2.05) is 61.5 Å². The van der Waals surface area contributed by atoms with Crippen LogP contribution in [0.15, 0.2) is 65.1 Å². The van der Waals surface area contributed by atoms with E-state index in [0.717, 1.165) is 21.9 Å². The number of benzene rings is 3. The van der Waals surface area contributed by atoms with Gasteiger partial charge in [0.15, 0.2) is 11.3 Å². The number of fused-ring (bicyclic) bond motifs is 3. The topological polar surface area (TPSA) is 121 Å². The van der Waals surface area contributed by atoms with Crippen molar-refractivity contribution in [3.8, 4) is 5.75 Å². The molecule has 0 radical (unpaired) electrons. The van der Waals surface area contributed by atoms with Gasteiger partial charge >= 0.3 is 0 Å². The number of hydrogen-bond acceptors (Lipinski definition) is 6. The van der Waals surface area contributed by atoms with Crippen LogP contribution < -0.4 is 15.8 Å². The molecular formula is C27H29N3O5. The van der Waals surface area contributed by atoms with E-state index in [4.69, 9.17) is 14.9 Å². The Morgan fingerprint density at radius 1 is 1.17 bits per heavy atom. The Bertz CT molecular complexity index is 1350. The van der Waals surface area contributed by atoms with E-state index in [-0.39, 0.29) is 29.8 Å². The van der Waals surface area contributed by atoms with Gasteiger partial charge in [0.1, 0.15) is 5.58 Å². The summed E-state index contributed by atoms with van der Waals surface area (Å²) < 4.78 is 11.5. The summed E-state index contributed by atoms with van der Waals surface area (Å²) in [6.07, 6.45) is 1.10. The molecule has 3 aromatic carbocycles. The van der Waals surface area contributed by atoms with Crippen LogP contribution in [0.3, 0.4) is 0 Å². The van der Waals surface area contributed by atoms with Gasteiger partial charge < -0.3 is 20.2 Å². The number of anilines is 1. The second-order valence-electron chi connectivity index (χ2n) is 8.81. The highest BCUT2D eigenvalue weighted by atomic mass is 16.6. The number of hydrogen-bond donors (Lipinski definition) is 2. The lowest BCUT2D eigenvalue weighted by Gasteiger charge is -2.17. The summed E-state index contributed by atoms with van der Waals surface area (Å²) in [5.41, 5.74) is 9.89. The molecule has 1 amide bonds. The fraction of sp³-hybridized carbons (Fsp3) is 0.296. The first-order valence-electron chi connectivity index (χ1n) is 11.6. The number of carbonyl (C=O) groups excluding carboxylic acids is 1. The third-order valence-electron chi connectivity index (χ3n) is 6.29. The van der Waals surface area contributed by atoms with Crippen molar-refractivity contribution < 1.29 is 18.9 Å². The predicted octanol–water partition coefficient (Wildman–Crippen LogP) is 5.27. The number of nitrogens with zero attached hydrogens (tertiary/aromatic N) is 1. The van der Waals surface area contributed by atoms with E-state index in [1.54, 1.807) is 13.2 Å². The zero-order valence-electron chi connectivity index (χ0n) is 19.8. The van der Waals surface area contributed by atoms with Crippen LogP contribution in [0.25, 0.3) is 21.9 Å². The highest BCUT2D eigenvalue weighted by Gasteiger charge is 2.22. The maximum absolute atomic E-state index is 12.7. The normalized spacial score (nSPS) is 13.0. The fourth-order valence-electron chi connectivity index (χ4n) is 4.53. The van der Waals surface area contributed by atoms with Crippen molar-refractivity contribution in [1.82, 2.24) is 5.32 Å². The zero-order chi connectivity index (χ0) is 24.9. The van der Waals surface area contributed by atoms with Gasteiger partial charge in [0.25, 0.3) is 0 Å². The minimum Gasteiger partial charge on any atom is -0.493 e. The Balaban J connectivity index is 1.53. The molecule has 0 saturated carbocycles. The first-order chi connectivity index (χ1) is 16.9. The largest absolute Gasteiger partial charge is 0.493 e. The van der Waals surface area contributed by atoms with E-state index < -0.39 is 5.92 Å². The molecule has 0 fully saturated rings. The molecule has 0 aliphatic carbocycles. The molecule has 0 bridgehead atoms. The Hall–Kier alpha value is -4.07. The molecule has 1 aromatic heterocycles. The number of rotatable bonds is 10. The standard InChI is InChI=1S/C27H29N3O5/c1-17(19-6-4-3-5-7-19)29-25(31)14-18(16-30(32)33)8-9-20-10-12-24(34-2)27-26(20)22-15-21(28)11-13-23(22)35-27/h3-7,10-13,15,17-18H,8-9,14,16,28H2,1-2H3,(H,29,31)/t17-,18?/m1/s1. The van der Waals surface area contributed by atoms with Gasteiger partial charge in [-0.2, -0.15) is 0 Å². The molecule has 1 unspecified atom stereocenters. The molecule has 3 N–H and O–H groups in total. The van der Waals surface area contributed by atoms with Crippen molar-refractivity contribution in [2.75, 3.05) is 19.4 Å². The van der Waals surface area contributed by atoms with Crippen LogP contribution in [0.1, 0.15) is 36.9 Å². The van der Waals surface area contributed by atoms with Crippen molar-refractivity contribution >= 4 is 33.5 Å². The minimum absolute atomic E-state index is 0.0799. The second-order valence-corrected chi connectivity index (χ2v) is 8.81. The molecule has 0 saturated heterocycles. The predicted molar refractivity (Wildman–Crippen MR) is 136 cm³/mol. The van der Waals surface area contributed by atoms with Gasteiger partial charge in [-0.1, -0.05) is 36.4 Å². The SMILES string of the molecule is COc1ccc(CCC(CC(=O)N[C@H](C)c2ccccc2)C[N+](=O)[O-])c2c1oc1ccc(N)cc12. The van der Waals surface area contributed by atoms with Gasteiger partial charge in [-0.05, 0) is 55.2 Å². The summed E-state index contributed by atoms with van der Waals surface area (Å²) in [7, 11) is 1.58. The highest BCUT2D eigenvalue weighted by Crippen LogP contribution is 2.38. The molecular weight excluding hydrogens is 446 g/mol. The number of amides is 1. The first kappa shape index (κ1) is 24.1. The van der Waals surface area contributed by atoms with Crippen molar-refractivity contribution in [3.05, 3.63) is 81.9 Å². The lowest BCUT2D eigenvalue weighted by Crippen LogP contribution is -2.30. The highest BCUT2D eigenvalue weighted by molar-refractivity contribution is 6.09. The van der Waals surface area contributed by atoms with Gasteiger partial charge in [-0.25, -0.2) is 0 Å². The number of nitrogen functional groups attached to an aromatic ring is 1. The Labute approximate surface area is 203 Å². The van der Waals surface area contributed by atoms with E-state index in [1.165, 1.54) is 0 Å². The van der Waals surface area contributed by atoms with E-state index >= 15 is 0 Å². The summed E-state index contributed by atoms with van der Waals surface area (Å²) in [6, 6.07) is 18.7. The van der Waals surface area contributed by atoms with Gasteiger partial charge in [0.2, 0.25) is 12.5 Å². The van der Waals surface area contributed by atoms with Gasteiger partial charge in [0, 0.05) is 33.7 Å². The van der Waals surface area contributed by atoms with Crippen LogP contribution in [0, 0.1) is 16.0 Å². The third kappa shape index (κ3) is 5.54. The monoisotopic (exact) mass is 475 g/mol. The summed E-state index contributed by atoms with van der Waals surface area (Å²) in [5, 5.41) is 16.1. The zero-order valence-corrected chi connectivity index (χ0v) is 19.8. The van der Waals surface area contributed by atoms with Crippen LogP contribution in [-0.2, 0) is 11.2 Å². The van der Waals surface area contributed by atoms with E-state index in [9.17, 15) is 14.9 Å². The summed E-state index contributed by atoms with van der Waals surface area (Å²) >= 11 is 0. The number of furan rings is 1. The number of aryl methyl sites for hydroxylation is 1. The average molecular weight is 476 g/mol. The van der Waals surface area contributed by atoms with Crippen molar-refractivity contribution in [3.63, 3.8) is 0 Å². The Morgan fingerprint density at radius 2 is 1.94 bits per heavy atom. The number of nitro groups is 1. The van der Waals surface area contributed by atoms with Crippen molar-refractivity contribution in [2.45, 2.75) is 32.2 Å². The third-order valence-corrected chi connectivity index (χ3v) is 6.29. The summed E-state index contributed by atoms with van der Waals surface area (Å²) in [5.74, 6) is -0.00221. The quantitative estimate of drug-likeness (QED) is 0.183. The molecule has 1 heterocycles. The van der Waals surface area contributed by atoms with Crippen molar-refractivity contribution in [1.29, 1.82) is 0 Å². The number of methoxy groups -OCH3 is 1. The van der Waals surface area contributed by atoms with Crippen LogP contribution in [0.2, 0.25) is 0 Å². The molecule has 0 aliphatic heterocycles. The molecule has 35 heavy (non-hydrogen) atoms. The van der Waals surface area contributed by atoms with E-state index in [2.05, 4.69) is 5.32 Å². The number of nitrogens with two attached hydrogens (primary N) is 1. The molecule has 0 aliphatic rings. The maximum Gasteiger partial charge on any atom is 0.220 e. The fourth-order valence-corrected chi connectivity index (χ4v) is 4.53. The minimum atomic E-state index is -0.409. The first-order valence-corrected chi connectivity index (χ1v) is 11.6. The van der Waals surface area contributed by atoms with Crippen LogP contribution in [-0.4, -0.2) is 24.5 Å². The molecule has 2 atom stereocenters. The van der Waals surface area contributed by atoms with Crippen LogP contribution in [0.5, 0.6) is 5.75 Å². The Morgan fingerprint density at radius 3 is 2.66 bits per heavy atom. The van der Waals surface area contributed by atoms with Crippen molar-refractivity contribution in [2.24, 2.45) is 5.92 Å². The lowest BCUT2D eigenvalue weighted by atomic mass is 9.93. The summed E-state index contributed by atoms with van der Waals surface area (Å²) in [6.45, 7) is 1.63. The maximum atomic E-state index is 12.7. The molecule has 8 heteroatoms.